The number of benzene rings is 2. The Morgan fingerprint density at radius 3 is 2.46 bits per heavy atom. The second kappa shape index (κ2) is 8.17. The largest absolute Gasteiger partial charge is 0.507 e. The summed E-state index contributed by atoms with van der Waals surface area (Å²) in [5.41, 5.74) is 6.55. The van der Waals surface area contributed by atoms with Gasteiger partial charge in [-0.25, -0.2) is 5.43 Å². The molecule has 0 saturated heterocycles. The lowest BCUT2D eigenvalue weighted by molar-refractivity contribution is 0.0952. The number of nitrogens with one attached hydrogen (secondary N) is 1. The Hall–Kier alpha value is -2.62. The van der Waals surface area contributed by atoms with Crippen molar-refractivity contribution in [2.75, 3.05) is 0 Å². The topological polar surface area (TPSA) is 61.7 Å². The molecule has 1 aliphatic rings. The number of carbonyl (C=O) groups is 1. The molecular weight excluding hydrogens is 324 g/mol. The van der Waals surface area contributed by atoms with Gasteiger partial charge in [0.1, 0.15) is 5.75 Å². The number of nitrogens with zero attached hydrogens (tertiary/aromatic N) is 1. The van der Waals surface area contributed by atoms with Crippen molar-refractivity contribution in [3.05, 3.63) is 64.7 Å². The molecule has 0 aromatic heterocycles. The highest BCUT2D eigenvalue weighted by molar-refractivity contribution is 6.01. The van der Waals surface area contributed by atoms with Crippen molar-refractivity contribution in [2.45, 2.75) is 51.9 Å². The third-order valence-corrected chi connectivity index (χ3v) is 5.21. The summed E-state index contributed by atoms with van der Waals surface area (Å²) in [7, 11) is 0. The van der Waals surface area contributed by atoms with E-state index in [-0.39, 0.29) is 11.3 Å². The highest BCUT2D eigenvalue weighted by atomic mass is 16.3. The maximum Gasteiger partial charge on any atom is 0.275 e. The summed E-state index contributed by atoms with van der Waals surface area (Å²) in [5.74, 6) is 0.262. The summed E-state index contributed by atoms with van der Waals surface area (Å²) in [6.45, 7) is 3.63. The molecule has 0 atom stereocenters. The number of rotatable bonds is 4. The van der Waals surface area contributed by atoms with E-state index in [0.29, 0.717) is 11.5 Å². The second-order valence-corrected chi connectivity index (χ2v) is 7.07. The summed E-state index contributed by atoms with van der Waals surface area (Å²) < 4.78 is 0. The molecule has 0 spiro atoms. The molecule has 1 aliphatic carbocycles. The summed E-state index contributed by atoms with van der Waals surface area (Å²) in [6, 6.07) is 13.6. The lowest BCUT2D eigenvalue weighted by Gasteiger charge is -2.22. The van der Waals surface area contributed by atoms with Gasteiger partial charge in [0.15, 0.2) is 0 Å². The number of carbonyl (C=O) groups excluding carboxylic acids is 1. The fourth-order valence-corrected chi connectivity index (χ4v) is 3.53. The molecule has 1 saturated carbocycles. The number of phenolic OH excluding ortho intramolecular Hbond substituents is 1. The molecule has 26 heavy (non-hydrogen) atoms. The third kappa shape index (κ3) is 4.13. The van der Waals surface area contributed by atoms with Gasteiger partial charge in [-0.2, -0.15) is 5.10 Å². The Bertz CT molecular complexity index is 803. The van der Waals surface area contributed by atoms with Crippen molar-refractivity contribution >= 4 is 11.6 Å². The maximum atomic E-state index is 12.2. The van der Waals surface area contributed by atoms with Crippen LogP contribution in [0.5, 0.6) is 5.75 Å². The van der Waals surface area contributed by atoms with Gasteiger partial charge < -0.3 is 5.11 Å². The number of aromatic hydroxyl groups is 1. The smallest absolute Gasteiger partial charge is 0.275 e. The van der Waals surface area contributed by atoms with Gasteiger partial charge in [0.05, 0.1) is 11.3 Å². The zero-order valence-corrected chi connectivity index (χ0v) is 15.5. The molecule has 2 aromatic rings. The third-order valence-electron chi connectivity index (χ3n) is 5.21. The minimum absolute atomic E-state index is 0.00492. The van der Waals surface area contributed by atoms with Gasteiger partial charge in [-0.1, -0.05) is 55.7 Å². The number of hydrogen-bond acceptors (Lipinski definition) is 3. The number of para-hydroxylation sites is 1. The standard InChI is InChI=1S/C22H26N2O2/c1-15-7-6-10-20(21(15)25)22(26)24-23-16(2)17-11-13-19(14-12-17)18-8-4-3-5-9-18/h6-7,10-14,18,25H,3-5,8-9H2,1-2H3,(H,24,26)/b23-16+. The molecule has 0 unspecified atom stereocenters. The number of hydrogen-bond donors (Lipinski definition) is 2. The highest BCUT2D eigenvalue weighted by Crippen LogP contribution is 2.32. The quantitative estimate of drug-likeness (QED) is 0.608. The van der Waals surface area contributed by atoms with Crippen molar-refractivity contribution in [2.24, 2.45) is 5.10 Å². The van der Waals surface area contributed by atoms with Crippen molar-refractivity contribution < 1.29 is 9.90 Å². The zero-order chi connectivity index (χ0) is 18.5. The first-order valence-electron chi connectivity index (χ1n) is 9.30. The molecule has 0 radical (unpaired) electrons. The van der Waals surface area contributed by atoms with Crippen LogP contribution in [0.25, 0.3) is 0 Å². The van der Waals surface area contributed by atoms with Gasteiger partial charge in [0.2, 0.25) is 0 Å². The first-order valence-corrected chi connectivity index (χ1v) is 9.30. The Morgan fingerprint density at radius 1 is 1.08 bits per heavy atom. The van der Waals surface area contributed by atoms with E-state index in [2.05, 4.69) is 34.8 Å². The van der Waals surface area contributed by atoms with Crippen molar-refractivity contribution in [3.63, 3.8) is 0 Å². The summed E-state index contributed by atoms with van der Waals surface area (Å²) >= 11 is 0. The van der Waals surface area contributed by atoms with Crippen LogP contribution in [-0.2, 0) is 0 Å². The molecule has 1 amide bonds. The molecule has 0 heterocycles. The highest BCUT2D eigenvalue weighted by Gasteiger charge is 2.15. The van der Waals surface area contributed by atoms with E-state index >= 15 is 0 Å². The van der Waals surface area contributed by atoms with Crippen molar-refractivity contribution in [1.29, 1.82) is 0 Å². The predicted octanol–water partition coefficient (Wildman–Crippen LogP) is 4.90. The van der Waals surface area contributed by atoms with Gasteiger partial charge >= 0.3 is 0 Å². The van der Waals surface area contributed by atoms with Gasteiger partial charge in [-0.3, -0.25) is 4.79 Å². The number of aryl methyl sites for hydroxylation is 1. The fraction of sp³-hybridized carbons (Fsp3) is 0.364. The number of amides is 1. The normalized spacial score (nSPS) is 15.7. The van der Waals surface area contributed by atoms with Crippen LogP contribution in [0.2, 0.25) is 0 Å². The first-order chi connectivity index (χ1) is 12.6. The van der Waals surface area contributed by atoms with Gasteiger partial charge in [-0.05, 0) is 55.4 Å². The Morgan fingerprint density at radius 2 is 1.77 bits per heavy atom. The van der Waals surface area contributed by atoms with Crippen LogP contribution >= 0.6 is 0 Å². The number of phenols is 1. The first kappa shape index (κ1) is 18.2. The monoisotopic (exact) mass is 350 g/mol. The maximum absolute atomic E-state index is 12.2. The van der Waals surface area contributed by atoms with Gasteiger partial charge in [0.25, 0.3) is 5.91 Å². The van der Waals surface area contributed by atoms with Crippen LogP contribution in [0.3, 0.4) is 0 Å². The molecule has 0 bridgehead atoms. The van der Waals surface area contributed by atoms with Gasteiger partial charge in [-0.15, -0.1) is 0 Å². The molecule has 136 valence electrons. The zero-order valence-electron chi connectivity index (χ0n) is 15.5. The van der Waals surface area contributed by atoms with Crippen LogP contribution < -0.4 is 5.43 Å². The fourth-order valence-electron chi connectivity index (χ4n) is 3.53. The Labute approximate surface area is 155 Å². The SMILES string of the molecule is C/C(=N\NC(=O)c1cccc(C)c1O)c1ccc(C2CCCCC2)cc1. The number of hydrazone groups is 1. The van der Waals surface area contributed by atoms with E-state index in [1.807, 2.05) is 6.92 Å². The van der Waals surface area contributed by atoms with Crippen LogP contribution in [0.4, 0.5) is 0 Å². The van der Waals surface area contributed by atoms with E-state index < -0.39 is 5.91 Å². The molecule has 0 aliphatic heterocycles. The molecular formula is C22H26N2O2. The average molecular weight is 350 g/mol. The van der Waals surface area contributed by atoms with Crippen molar-refractivity contribution in [3.8, 4) is 5.75 Å². The summed E-state index contributed by atoms with van der Waals surface area (Å²) in [5, 5.41) is 14.2. The minimum atomic E-state index is -0.413. The molecule has 4 nitrogen and oxygen atoms in total. The van der Waals surface area contributed by atoms with E-state index in [4.69, 9.17) is 0 Å². The van der Waals surface area contributed by atoms with E-state index in [1.54, 1.807) is 25.1 Å². The lowest BCUT2D eigenvalue weighted by Crippen LogP contribution is -2.19. The Balaban J connectivity index is 1.67. The lowest BCUT2D eigenvalue weighted by atomic mass is 9.84. The summed E-state index contributed by atoms with van der Waals surface area (Å²) in [4.78, 5) is 12.2. The molecule has 4 heteroatoms. The molecule has 3 rings (SSSR count). The van der Waals surface area contributed by atoms with Crippen LogP contribution in [0.1, 0.15) is 72.0 Å². The Kier molecular flexibility index (Phi) is 5.71. The van der Waals surface area contributed by atoms with Crippen molar-refractivity contribution in [1.82, 2.24) is 5.43 Å². The average Bonchev–Trinajstić information content (AvgIpc) is 2.69. The van der Waals surface area contributed by atoms with E-state index in [9.17, 15) is 9.90 Å². The molecule has 1 fully saturated rings. The molecule has 2 aromatic carbocycles. The molecule has 2 N–H and O–H groups in total. The van der Waals surface area contributed by atoms with Crippen LogP contribution in [-0.4, -0.2) is 16.7 Å². The van der Waals surface area contributed by atoms with Crippen LogP contribution in [0.15, 0.2) is 47.6 Å². The summed E-state index contributed by atoms with van der Waals surface area (Å²) in [6.07, 6.45) is 6.57. The van der Waals surface area contributed by atoms with E-state index in [1.165, 1.54) is 37.7 Å². The predicted molar refractivity (Wildman–Crippen MR) is 105 cm³/mol. The van der Waals surface area contributed by atoms with E-state index in [0.717, 1.165) is 11.3 Å². The minimum Gasteiger partial charge on any atom is -0.507 e. The van der Waals surface area contributed by atoms with Crippen LogP contribution in [0, 0.1) is 6.92 Å². The van der Waals surface area contributed by atoms with Gasteiger partial charge in [0, 0.05) is 0 Å². The second-order valence-electron chi connectivity index (χ2n) is 7.07.